The summed E-state index contributed by atoms with van der Waals surface area (Å²) < 4.78 is 0. The summed E-state index contributed by atoms with van der Waals surface area (Å²) in [7, 11) is 0. The van der Waals surface area contributed by atoms with Crippen molar-refractivity contribution < 1.29 is 9.90 Å². The van der Waals surface area contributed by atoms with Crippen molar-refractivity contribution in [2.75, 3.05) is 5.32 Å². The first-order chi connectivity index (χ1) is 9.19. The molecule has 0 heterocycles. The maximum atomic E-state index is 10.9. The van der Waals surface area contributed by atoms with Gasteiger partial charge in [-0.1, -0.05) is 12.1 Å². The minimum atomic E-state index is -0.667. The van der Waals surface area contributed by atoms with Gasteiger partial charge in [0.1, 0.15) is 0 Å². The van der Waals surface area contributed by atoms with Gasteiger partial charge in [0, 0.05) is 11.7 Å². The van der Waals surface area contributed by atoms with Crippen LogP contribution in [0.25, 0.3) is 0 Å². The SMILES string of the molecule is N#CCc1ccc(NC2CCC(C(=O)O)CC2)cc1. The molecule has 0 unspecified atom stereocenters. The molecule has 1 aliphatic rings. The summed E-state index contributed by atoms with van der Waals surface area (Å²) in [5.41, 5.74) is 2.06. The van der Waals surface area contributed by atoms with Gasteiger partial charge in [0.15, 0.2) is 0 Å². The Labute approximate surface area is 113 Å². The number of anilines is 1. The summed E-state index contributed by atoms with van der Waals surface area (Å²) in [4.78, 5) is 10.9. The number of nitriles is 1. The minimum absolute atomic E-state index is 0.170. The fourth-order valence-electron chi connectivity index (χ4n) is 2.53. The molecule has 0 atom stereocenters. The van der Waals surface area contributed by atoms with Crippen LogP contribution in [0, 0.1) is 17.2 Å². The van der Waals surface area contributed by atoms with E-state index >= 15 is 0 Å². The summed E-state index contributed by atoms with van der Waals surface area (Å²) in [5.74, 6) is -0.838. The van der Waals surface area contributed by atoms with E-state index < -0.39 is 5.97 Å². The smallest absolute Gasteiger partial charge is 0.306 e. The van der Waals surface area contributed by atoms with Gasteiger partial charge >= 0.3 is 5.97 Å². The number of carboxylic acid groups (broad SMARTS) is 1. The largest absolute Gasteiger partial charge is 0.481 e. The second-order valence-corrected chi connectivity index (χ2v) is 5.06. The molecule has 0 aromatic heterocycles. The van der Waals surface area contributed by atoms with Gasteiger partial charge in [-0.3, -0.25) is 4.79 Å². The van der Waals surface area contributed by atoms with E-state index in [9.17, 15) is 4.79 Å². The summed E-state index contributed by atoms with van der Waals surface area (Å²) in [6.07, 6.45) is 3.73. The lowest BCUT2D eigenvalue weighted by Gasteiger charge is -2.27. The molecule has 4 nitrogen and oxygen atoms in total. The Kier molecular flexibility index (Phi) is 4.40. The quantitative estimate of drug-likeness (QED) is 0.871. The van der Waals surface area contributed by atoms with E-state index in [0.717, 1.165) is 36.9 Å². The Bertz CT molecular complexity index is 468. The molecule has 0 aliphatic heterocycles. The lowest BCUT2D eigenvalue weighted by Crippen LogP contribution is -2.29. The van der Waals surface area contributed by atoms with Gasteiger partial charge in [0.2, 0.25) is 0 Å². The third-order valence-electron chi connectivity index (χ3n) is 3.68. The molecule has 100 valence electrons. The Hall–Kier alpha value is -2.02. The van der Waals surface area contributed by atoms with E-state index in [2.05, 4.69) is 11.4 Å². The van der Waals surface area contributed by atoms with Crippen molar-refractivity contribution in [2.45, 2.75) is 38.1 Å². The van der Waals surface area contributed by atoms with Crippen molar-refractivity contribution in [3.8, 4) is 6.07 Å². The normalized spacial score (nSPS) is 22.5. The van der Waals surface area contributed by atoms with E-state index in [-0.39, 0.29) is 5.92 Å². The van der Waals surface area contributed by atoms with Crippen molar-refractivity contribution in [2.24, 2.45) is 5.92 Å². The summed E-state index contributed by atoms with van der Waals surface area (Å²) in [6.45, 7) is 0. The lowest BCUT2D eigenvalue weighted by molar-refractivity contribution is -0.142. The molecule has 2 rings (SSSR count). The molecule has 0 radical (unpaired) electrons. The van der Waals surface area contributed by atoms with Crippen molar-refractivity contribution in [3.05, 3.63) is 29.8 Å². The fourth-order valence-corrected chi connectivity index (χ4v) is 2.53. The number of nitrogens with one attached hydrogen (secondary N) is 1. The standard InChI is InChI=1S/C15H18N2O2/c16-10-9-11-1-5-13(6-2-11)17-14-7-3-12(4-8-14)15(18)19/h1-2,5-6,12,14,17H,3-4,7-9H2,(H,18,19). The number of benzene rings is 1. The number of nitrogens with zero attached hydrogens (tertiary/aromatic N) is 1. The van der Waals surface area contributed by atoms with Crippen LogP contribution in [0.1, 0.15) is 31.2 Å². The van der Waals surface area contributed by atoms with Crippen LogP contribution in [0.15, 0.2) is 24.3 Å². The van der Waals surface area contributed by atoms with E-state index in [1.807, 2.05) is 24.3 Å². The number of rotatable bonds is 4. The van der Waals surface area contributed by atoms with Crippen molar-refractivity contribution in [1.82, 2.24) is 0 Å². The lowest BCUT2D eigenvalue weighted by atomic mass is 9.86. The van der Waals surface area contributed by atoms with Gasteiger partial charge in [0.25, 0.3) is 0 Å². The molecular formula is C15H18N2O2. The third-order valence-corrected chi connectivity index (χ3v) is 3.68. The van der Waals surface area contributed by atoms with Crippen molar-refractivity contribution >= 4 is 11.7 Å². The Morgan fingerprint density at radius 3 is 2.42 bits per heavy atom. The number of carboxylic acids is 1. The highest BCUT2D eigenvalue weighted by Crippen LogP contribution is 2.26. The molecule has 19 heavy (non-hydrogen) atoms. The molecule has 0 amide bonds. The van der Waals surface area contributed by atoms with Crippen LogP contribution in [0.4, 0.5) is 5.69 Å². The zero-order valence-corrected chi connectivity index (χ0v) is 10.8. The fraction of sp³-hybridized carbons (Fsp3) is 0.467. The molecular weight excluding hydrogens is 240 g/mol. The Morgan fingerprint density at radius 2 is 1.89 bits per heavy atom. The van der Waals surface area contributed by atoms with Crippen LogP contribution < -0.4 is 5.32 Å². The van der Waals surface area contributed by atoms with Crippen LogP contribution >= 0.6 is 0 Å². The maximum Gasteiger partial charge on any atom is 0.306 e. The number of hydrogen-bond donors (Lipinski definition) is 2. The van der Waals surface area contributed by atoms with Gasteiger partial charge in [-0.2, -0.15) is 5.26 Å². The van der Waals surface area contributed by atoms with Crippen molar-refractivity contribution in [1.29, 1.82) is 5.26 Å². The molecule has 1 fully saturated rings. The van der Waals surface area contributed by atoms with Crippen LogP contribution in [-0.4, -0.2) is 17.1 Å². The first kappa shape index (κ1) is 13.4. The van der Waals surface area contributed by atoms with E-state index in [4.69, 9.17) is 10.4 Å². The first-order valence-electron chi connectivity index (χ1n) is 6.64. The van der Waals surface area contributed by atoms with Crippen LogP contribution in [0.3, 0.4) is 0 Å². The van der Waals surface area contributed by atoms with Crippen LogP contribution in [0.5, 0.6) is 0 Å². The zero-order valence-electron chi connectivity index (χ0n) is 10.8. The molecule has 4 heteroatoms. The maximum absolute atomic E-state index is 10.9. The molecule has 1 saturated carbocycles. The predicted octanol–water partition coefficient (Wildman–Crippen LogP) is 2.81. The average molecular weight is 258 g/mol. The van der Waals surface area contributed by atoms with Gasteiger partial charge < -0.3 is 10.4 Å². The topological polar surface area (TPSA) is 73.1 Å². The third kappa shape index (κ3) is 3.72. The molecule has 1 aromatic carbocycles. The molecule has 2 N–H and O–H groups in total. The van der Waals surface area contributed by atoms with Gasteiger partial charge in [-0.05, 0) is 43.4 Å². The van der Waals surface area contributed by atoms with Crippen LogP contribution in [0.2, 0.25) is 0 Å². The molecule has 0 spiro atoms. The monoisotopic (exact) mass is 258 g/mol. The van der Waals surface area contributed by atoms with Gasteiger partial charge in [0.05, 0.1) is 18.4 Å². The van der Waals surface area contributed by atoms with E-state index in [1.54, 1.807) is 0 Å². The van der Waals surface area contributed by atoms with Gasteiger partial charge in [-0.15, -0.1) is 0 Å². The van der Waals surface area contributed by atoms with Gasteiger partial charge in [-0.25, -0.2) is 0 Å². The second kappa shape index (κ2) is 6.24. The van der Waals surface area contributed by atoms with E-state index in [1.165, 1.54) is 0 Å². The molecule has 1 aromatic rings. The Balaban J connectivity index is 1.85. The Morgan fingerprint density at radius 1 is 1.26 bits per heavy atom. The van der Waals surface area contributed by atoms with Crippen LogP contribution in [-0.2, 0) is 11.2 Å². The second-order valence-electron chi connectivity index (χ2n) is 5.06. The molecule has 1 aliphatic carbocycles. The highest BCUT2D eigenvalue weighted by atomic mass is 16.4. The highest BCUT2D eigenvalue weighted by Gasteiger charge is 2.25. The number of carbonyl (C=O) groups is 1. The average Bonchev–Trinajstić information content (AvgIpc) is 2.42. The number of hydrogen-bond acceptors (Lipinski definition) is 3. The van der Waals surface area contributed by atoms with Crippen molar-refractivity contribution in [3.63, 3.8) is 0 Å². The molecule has 0 saturated heterocycles. The summed E-state index contributed by atoms with van der Waals surface area (Å²) in [5, 5.41) is 21.0. The summed E-state index contributed by atoms with van der Waals surface area (Å²) >= 11 is 0. The van der Waals surface area contributed by atoms with E-state index in [0.29, 0.717) is 12.5 Å². The predicted molar refractivity (Wildman–Crippen MR) is 72.8 cm³/mol. The summed E-state index contributed by atoms with van der Waals surface area (Å²) in [6, 6.07) is 10.4. The molecule has 0 bridgehead atoms. The zero-order chi connectivity index (χ0) is 13.7. The number of aliphatic carboxylic acids is 1. The minimum Gasteiger partial charge on any atom is -0.481 e. The first-order valence-corrected chi connectivity index (χ1v) is 6.64. The highest BCUT2D eigenvalue weighted by molar-refractivity contribution is 5.70.